The van der Waals surface area contributed by atoms with E-state index in [0.29, 0.717) is 0 Å². The topological polar surface area (TPSA) is 40.1 Å². The minimum Gasteiger partial charge on any atom is -0.545 e. The van der Waals surface area contributed by atoms with Gasteiger partial charge in [-0.05, 0) is 5.56 Å². The summed E-state index contributed by atoms with van der Waals surface area (Å²) < 4.78 is 0. The summed E-state index contributed by atoms with van der Waals surface area (Å²) in [7, 11) is 0. The second-order valence-electron chi connectivity index (χ2n) is 1.65. The summed E-state index contributed by atoms with van der Waals surface area (Å²) in [5.74, 6) is -1.13. The van der Waals surface area contributed by atoms with Gasteiger partial charge in [-0.1, -0.05) is 30.3 Å². The smallest absolute Gasteiger partial charge is 0.545 e. The Bertz CT molecular complexity index is 208. The third kappa shape index (κ3) is 2.65. The summed E-state index contributed by atoms with van der Waals surface area (Å²) >= 11 is 0. The number of hydrogen-bond donors (Lipinski definition) is 0. The maximum absolute atomic E-state index is 10.1. The number of aromatic carboxylic acids is 1. The van der Waals surface area contributed by atoms with E-state index in [9.17, 15) is 9.90 Å². The first kappa shape index (κ1) is 9.88. The molecule has 46 valence electrons. The molecule has 0 aliphatic carbocycles. The minimum absolute atomic E-state index is 0. The Morgan fingerprint density at radius 3 is 2.00 bits per heavy atom. The molecular weight excluding hydrogens is 255 g/mol. The quantitative estimate of drug-likeness (QED) is 0.715. The number of carbonyl (C=O) groups is 1. The molecule has 0 spiro atoms. The molecule has 0 saturated carbocycles. The van der Waals surface area contributed by atoms with Gasteiger partial charge >= 0.3 is 35.6 Å². The van der Waals surface area contributed by atoms with Crippen molar-refractivity contribution < 1.29 is 45.5 Å². The molecule has 0 unspecified atom stereocenters. The number of carboxylic acids is 1. The van der Waals surface area contributed by atoms with Crippen LogP contribution in [0, 0.1) is 35.6 Å². The molecule has 0 radical (unpaired) electrons. The van der Waals surface area contributed by atoms with E-state index >= 15 is 0 Å². The van der Waals surface area contributed by atoms with Crippen LogP contribution in [0.15, 0.2) is 30.3 Å². The SMILES string of the molecule is O=C([O-])c1ccccc1.[La+3]. The van der Waals surface area contributed by atoms with Gasteiger partial charge in [0.25, 0.3) is 0 Å². The Morgan fingerprint density at radius 2 is 1.70 bits per heavy atom. The Balaban J connectivity index is 0.000000810. The fourth-order valence-corrected chi connectivity index (χ4v) is 0.574. The molecule has 0 aliphatic rings. The van der Waals surface area contributed by atoms with E-state index in [0.717, 1.165) is 0 Å². The van der Waals surface area contributed by atoms with Crippen LogP contribution in [0.1, 0.15) is 10.4 Å². The van der Waals surface area contributed by atoms with Crippen LogP contribution < -0.4 is 5.11 Å². The van der Waals surface area contributed by atoms with E-state index < -0.39 is 5.97 Å². The van der Waals surface area contributed by atoms with Gasteiger partial charge in [0.1, 0.15) is 0 Å². The van der Waals surface area contributed by atoms with Crippen LogP contribution >= 0.6 is 0 Å². The van der Waals surface area contributed by atoms with Gasteiger partial charge in [0.05, 0.1) is 5.97 Å². The van der Waals surface area contributed by atoms with Gasteiger partial charge in [0.15, 0.2) is 0 Å². The zero-order valence-corrected chi connectivity index (χ0v) is 8.91. The largest absolute Gasteiger partial charge is 3.00 e. The van der Waals surface area contributed by atoms with E-state index in [1.807, 2.05) is 0 Å². The van der Waals surface area contributed by atoms with Gasteiger partial charge < -0.3 is 9.90 Å². The van der Waals surface area contributed by atoms with Crippen molar-refractivity contribution in [2.45, 2.75) is 0 Å². The number of carboxylic acid groups (broad SMARTS) is 1. The van der Waals surface area contributed by atoms with Crippen molar-refractivity contribution >= 4 is 5.97 Å². The van der Waals surface area contributed by atoms with Gasteiger partial charge in [0, 0.05) is 0 Å². The number of benzene rings is 1. The first-order valence-corrected chi connectivity index (χ1v) is 2.57. The molecule has 0 fully saturated rings. The molecule has 0 saturated heterocycles. The van der Waals surface area contributed by atoms with E-state index in [-0.39, 0.29) is 41.2 Å². The molecule has 1 aromatic rings. The van der Waals surface area contributed by atoms with E-state index in [1.165, 1.54) is 12.1 Å². The number of carbonyl (C=O) groups excluding carboxylic acids is 1. The molecule has 0 bridgehead atoms. The average Bonchev–Trinajstić information content (AvgIpc) is 1.90. The first-order chi connectivity index (χ1) is 4.30. The summed E-state index contributed by atoms with van der Waals surface area (Å²) in [5.41, 5.74) is 0.220. The van der Waals surface area contributed by atoms with Crippen molar-refractivity contribution in [3.63, 3.8) is 0 Å². The van der Waals surface area contributed by atoms with Crippen LogP contribution in [0.3, 0.4) is 0 Å². The number of rotatable bonds is 1. The molecule has 0 amide bonds. The molecule has 0 N–H and O–H groups in total. The van der Waals surface area contributed by atoms with E-state index in [1.54, 1.807) is 18.2 Å². The Kier molecular flexibility index (Phi) is 4.61. The molecule has 2 nitrogen and oxygen atoms in total. The molecule has 0 heterocycles. The molecule has 3 heteroatoms. The molecule has 0 atom stereocenters. The third-order valence-electron chi connectivity index (χ3n) is 1.01. The van der Waals surface area contributed by atoms with Gasteiger partial charge in [-0.3, -0.25) is 0 Å². The maximum atomic E-state index is 10.1. The zero-order valence-electron chi connectivity index (χ0n) is 5.28. The molecular formula is C7H5LaO2+2. The average molecular weight is 260 g/mol. The predicted molar refractivity (Wildman–Crippen MR) is 30.8 cm³/mol. The van der Waals surface area contributed by atoms with E-state index in [4.69, 9.17) is 0 Å². The third-order valence-corrected chi connectivity index (χ3v) is 1.01. The van der Waals surface area contributed by atoms with Crippen molar-refractivity contribution in [1.82, 2.24) is 0 Å². The Labute approximate surface area is 86.9 Å². The summed E-state index contributed by atoms with van der Waals surface area (Å²) in [4.78, 5) is 10.1. The fraction of sp³-hybridized carbons (Fsp3) is 0. The molecule has 0 aromatic heterocycles. The monoisotopic (exact) mass is 260 g/mol. The molecule has 0 aliphatic heterocycles. The van der Waals surface area contributed by atoms with Crippen molar-refractivity contribution in [2.24, 2.45) is 0 Å². The van der Waals surface area contributed by atoms with Crippen molar-refractivity contribution in [2.75, 3.05) is 0 Å². The minimum atomic E-state index is -1.13. The summed E-state index contributed by atoms with van der Waals surface area (Å²) in [6.07, 6.45) is 0. The number of hydrogen-bond acceptors (Lipinski definition) is 2. The second kappa shape index (κ2) is 4.66. The van der Waals surface area contributed by atoms with Crippen LogP contribution in [0.2, 0.25) is 0 Å². The van der Waals surface area contributed by atoms with Crippen molar-refractivity contribution in [1.29, 1.82) is 0 Å². The standard InChI is InChI=1S/C7H6O2.La/c8-7(9)6-4-2-1-3-5-6;/h1-5H,(H,8,9);/q;+3/p-1. The van der Waals surface area contributed by atoms with Crippen molar-refractivity contribution in [3.05, 3.63) is 35.9 Å². The van der Waals surface area contributed by atoms with Crippen LogP contribution in [0.4, 0.5) is 0 Å². The zero-order chi connectivity index (χ0) is 6.69. The van der Waals surface area contributed by atoms with Crippen LogP contribution in [-0.4, -0.2) is 5.97 Å². The summed E-state index contributed by atoms with van der Waals surface area (Å²) in [6.45, 7) is 0. The van der Waals surface area contributed by atoms with Crippen molar-refractivity contribution in [3.8, 4) is 0 Å². The van der Waals surface area contributed by atoms with Gasteiger partial charge in [-0.15, -0.1) is 0 Å². The maximum Gasteiger partial charge on any atom is 3.00 e. The van der Waals surface area contributed by atoms with Gasteiger partial charge in [0.2, 0.25) is 0 Å². The van der Waals surface area contributed by atoms with Gasteiger partial charge in [-0.2, -0.15) is 0 Å². The normalized spacial score (nSPS) is 8.00. The van der Waals surface area contributed by atoms with Crippen LogP contribution in [-0.2, 0) is 0 Å². The Morgan fingerprint density at radius 1 is 1.20 bits per heavy atom. The molecule has 1 aromatic carbocycles. The molecule has 10 heavy (non-hydrogen) atoms. The first-order valence-electron chi connectivity index (χ1n) is 2.57. The fourth-order valence-electron chi connectivity index (χ4n) is 0.574. The van der Waals surface area contributed by atoms with Crippen LogP contribution in [0.25, 0.3) is 0 Å². The second-order valence-corrected chi connectivity index (χ2v) is 1.65. The van der Waals surface area contributed by atoms with Gasteiger partial charge in [-0.25, -0.2) is 0 Å². The van der Waals surface area contributed by atoms with Crippen LogP contribution in [0.5, 0.6) is 0 Å². The summed E-state index contributed by atoms with van der Waals surface area (Å²) in [6, 6.07) is 8.06. The summed E-state index contributed by atoms with van der Waals surface area (Å²) in [5, 5.41) is 10.1. The Hall–Kier alpha value is -0.115. The molecule has 1 rings (SSSR count). The van der Waals surface area contributed by atoms with E-state index in [2.05, 4.69) is 0 Å². The predicted octanol–water partition coefficient (Wildman–Crippen LogP) is 0.0501.